The molecule has 172 valence electrons. The van der Waals surface area contributed by atoms with Gasteiger partial charge in [-0.25, -0.2) is 15.0 Å². The second-order valence-electron chi connectivity index (χ2n) is 9.88. The smallest absolute Gasteiger partial charge is 0.192 e. The van der Waals surface area contributed by atoms with Crippen LogP contribution in [0.15, 0.2) is 43.0 Å². The molecule has 1 aliphatic rings. The first-order chi connectivity index (χ1) is 15.2. The highest BCUT2D eigenvalue weighted by Crippen LogP contribution is 2.43. The standard InChI is InChI=1S/C23H33N5O2SSi/c1-23(2,3)32(4,5)29-11-18-17(13-31-12-16-9-7-6-8-10-16)22(30-18)28-15-27-19-20(24)25-14-26-21(19)28/h6-10,14-15,17-18,22H,11-13H2,1-5H3,(H2,24,25,26)/t17-,18+,22+/m0/s1. The molecule has 0 unspecified atom stereocenters. The summed E-state index contributed by atoms with van der Waals surface area (Å²) in [5.41, 5.74) is 8.65. The van der Waals surface area contributed by atoms with E-state index >= 15 is 0 Å². The summed E-state index contributed by atoms with van der Waals surface area (Å²) in [4.78, 5) is 12.9. The number of hydrogen-bond acceptors (Lipinski definition) is 7. The Balaban J connectivity index is 1.49. The van der Waals surface area contributed by atoms with Crippen LogP contribution in [0.25, 0.3) is 11.2 Å². The highest BCUT2D eigenvalue weighted by molar-refractivity contribution is 7.98. The fourth-order valence-electron chi connectivity index (χ4n) is 3.55. The van der Waals surface area contributed by atoms with E-state index in [2.05, 4.69) is 79.1 Å². The first kappa shape index (κ1) is 23.2. The molecule has 4 rings (SSSR count). The molecule has 1 aromatic carbocycles. The Labute approximate surface area is 195 Å². The van der Waals surface area contributed by atoms with Crippen LogP contribution in [0.1, 0.15) is 32.6 Å². The van der Waals surface area contributed by atoms with Crippen LogP contribution in [0, 0.1) is 5.92 Å². The summed E-state index contributed by atoms with van der Waals surface area (Å²) in [5.74, 6) is 2.62. The van der Waals surface area contributed by atoms with Crippen molar-refractivity contribution in [2.45, 2.75) is 57.0 Å². The minimum absolute atomic E-state index is 0.0500. The fourth-order valence-corrected chi connectivity index (χ4v) is 5.76. The van der Waals surface area contributed by atoms with Crippen molar-refractivity contribution in [3.63, 3.8) is 0 Å². The van der Waals surface area contributed by atoms with Crippen LogP contribution in [0.5, 0.6) is 0 Å². The van der Waals surface area contributed by atoms with Crippen molar-refractivity contribution in [2.75, 3.05) is 18.1 Å². The Morgan fingerprint density at radius 2 is 1.91 bits per heavy atom. The van der Waals surface area contributed by atoms with Gasteiger partial charge in [-0.3, -0.25) is 4.57 Å². The molecule has 9 heteroatoms. The van der Waals surface area contributed by atoms with Gasteiger partial charge in [0.25, 0.3) is 0 Å². The van der Waals surface area contributed by atoms with Crippen LogP contribution in [-0.2, 0) is 14.9 Å². The molecular weight excluding hydrogens is 438 g/mol. The number of anilines is 1. The topological polar surface area (TPSA) is 88.1 Å². The maximum atomic E-state index is 6.50. The van der Waals surface area contributed by atoms with Gasteiger partial charge in [-0.05, 0) is 23.7 Å². The number of imidazole rings is 1. The molecule has 1 saturated heterocycles. The predicted molar refractivity (Wildman–Crippen MR) is 133 cm³/mol. The Morgan fingerprint density at radius 1 is 1.16 bits per heavy atom. The zero-order valence-corrected chi connectivity index (χ0v) is 21.3. The van der Waals surface area contributed by atoms with Crippen molar-refractivity contribution >= 4 is 37.1 Å². The van der Waals surface area contributed by atoms with E-state index < -0.39 is 8.32 Å². The molecule has 3 aromatic rings. The molecule has 0 spiro atoms. The van der Waals surface area contributed by atoms with Gasteiger partial charge in [-0.2, -0.15) is 11.8 Å². The summed E-state index contributed by atoms with van der Waals surface area (Å²) in [7, 11) is -1.85. The molecule has 1 fully saturated rings. The SMILES string of the molecule is CC(C)(C)[Si](C)(C)OC[C@H]1O[C@@H](n2cnc3c(N)ncnc32)[C@H]1CSCc1ccccc1. The van der Waals surface area contributed by atoms with Crippen LogP contribution >= 0.6 is 11.8 Å². The van der Waals surface area contributed by atoms with E-state index in [1.165, 1.54) is 11.9 Å². The third kappa shape index (κ3) is 4.71. The zero-order valence-electron chi connectivity index (χ0n) is 19.5. The van der Waals surface area contributed by atoms with E-state index in [1.54, 1.807) is 6.33 Å². The molecular formula is C23H33N5O2SSi. The number of rotatable bonds is 8. The Bertz CT molecular complexity index is 1050. The lowest BCUT2D eigenvalue weighted by atomic mass is 9.96. The fraction of sp³-hybridized carbons (Fsp3) is 0.522. The first-order valence-electron chi connectivity index (χ1n) is 11.0. The summed E-state index contributed by atoms with van der Waals surface area (Å²) < 4.78 is 14.8. The largest absolute Gasteiger partial charge is 0.414 e. The third-order valence-electron chi connectivity index (χ3n) is 6.66. The van der Waals surface area contributed by atoms with Crippen molar-refractivity contribution in [3.05, 3.63) is 48.5 Å². The summed E-state index contributed by atoms with van der Waals surface area (Å²) in [5, 5.41) is 0.169. The predicted octanol–water partition coefficient (Wildman–Crippen LogP) is 4.88. The van der Waals surface area contributed by atoms with Gasteiger partial charge < -0.3 is 14.9 Å². The molecule has 3 heterocycles. The quantitative estimate of drug-likeness (QED) is 0.469. The molecule has 2 N–H and O–H groups in total. The van der Waals surface area contributed by atoms with Gasteiger partial charge in [0.2, 0.25) is 0 Å². The highest BCUT2D eigenvalue weighted by Gasteiger charge is 2.46. The zero-order chi connectivity index (χ0) is 22.9. The summed E-state index contributed by atoms with van der Waals surface area (Å²) in [6.07, 6.45) is 3.16. The van der Waals surface area contributed by atoms with Crippen molar-refractivity contribution in [1.29, 1.82) is 0 Å². The third-order valence-corrected chi connectivity index (χ3v) is 12.3. The van der Waals surface area contributed by atoms with Crippen molar-refractivity contribution < 1.29 is 9.16 Å². The van der Waals surface area contributed by atoms with Crippen LogP contribution in [-0.4, -0.2) is 46.3 Å². The molecule has 32 heavy (non-hydrogen) atoms. The maximum Gasteiger partial charge on any atom is 0.192 e. The average Bonchev–Trinajstić information content (AvgIpc) is 3.15. The Kier molecular flexibility index (Phi) is 6.62. The Morgan fingerprint density at radius 3 is 2.62 bits per heavy atom. The molecule has 0 amide bonds. The molecule has 1 aliphatic heterocycles. The maximum absolute atomic E-state index is 6.50. The number of hydrogen-bond donors (Lipinski definition) is 1. The van der Waals surface area contributed by atoms with Crippen molar-refractivity contribution in [1.82, 2.24) is 19.5 Å². The molecule has 7 nitrogen and oxygen atoms in total. The van der Waals surface area contributed by atoms with Gasteiger partial charge in [0, 0.05) is 17.4 Å². The molecule has 2 aromatic heterocycles. The molecule has 0 saturated carbocycles. The lowest BCUT2D eigenvalue weighted by Gasteiger charge is -2.47. The molecule has 0 radical (unpaired) electrons. The van der Waals surface area contributed by atoms with Gasteiger partial charge in [0.15, 0.2) is 19.8 Å². The van der Waals surface area contributed by atoms with Gasteiger partial charge in [0.05, 0.1) is 19.0 Å². The monoisotopic (exact) mass is 471 g/mol. The second kappa shape index (κ2) is 9.13. The van der Waals surface area contributed by atoms with Crippen molar-refractivity contribution in [3.8, 4) is 0 Å². The lowest BCUT2D eigenvalue weighted by Crippen LogP contribution is -2.52. The highest BCUT2D eigenvalue weighted by atomic mass is 32.2. The van der Waals surface area contributed by atoms with E-state index in [-0.39, 0.29) is 17.4 Å². The number of nitrogens with two attached hydrogens (primary N) is 1. The summed E-state index contributed by atoms with van der Waals surface area (Å²) in [6, 6.07) is 10.6. The van der Waals surface area contributed by atoms with Gasteiger partial charge in [-0.1, -0.05) is 51.1 Å². The van der Waals surface area contributed by atoms with Gasteiger partial charge >= 0.3 is 0 Å². The normalized spacial score (nSPS) is 21.6. The number of benzene rings is 1. The lowest BCUT2D eigenvalue weighted by molar-refractivity contribution is -0.223. The molecule has 0 aliphatic carbocycles. The van der Waals surface area contributed by atoms with E-state index in [0.29, 0.717) is 29.5 Å². The van der Waals surface area contributed by atoms with E-state index in [4.69, 9.17) is 14.9 Å². The molecule has 0 bridgehead atoms. The minimum atomic E-state index is -1.85. The number of thioether (sulfide) groups is 1. The summed E-state index contributed by atoms with van der Waals surface area (Å²) in [6.45, 7) is 12.0. The van der Waals surface area contributed by atoms with Crippen LogP contribution in [0.2, 0.25) is 18.1 Å². The van der Waals surface area contributed by atoms with Crippen molar-refractivity contribution in [2.24, 2.45) is 5.92 Å². The second-order valence-corrected chi connectivity index (χ2v) is 15.7. The summed E-state index contributed by atoms with van der Waals surface area (Å²) >= 11 is 1.93. The van der Waals surface area contributed by atoms with Gasteiger partial charge in [0.1, 0.15) is 18.1 Å². The van der Waals surface area contributed by atoms with E-state index in [0.717, 1.165) is 11.5 Å². The average molecular weight is 472 g/mol. The minimum Gasteiger partial charge on any atom is -0.414 e. The number of fused-ring (bicyclic) bond motifs is 1. The van der Waals surface area contributed by atoms with Crippen LogP contribution < -0.4 is 5.73 Å². The molecule has 3 atom stereocenters. The number of ether oxygens (including phenoxy) is 1. The number of nitrogens with zero attached hydrogens (tertiary/aromatic N) is 4. The van der Waals surface area contributed by atoms with Gasteiger partial charge in [-0.15, -0.1) is 0 Å². The van der Waals surface area contributed by atoms with E-state index in [9.17, 15) is 0 Å². The van der Waals surface area contributed by atoms with Crippen LogP contribution in [0.3, 0.4) is 0 Å². The first-order valence-corrected chi connectivity index (χ1v) is 15.1. The number of aromatic nitrogens is 4. The Hall–Kier alpha value is -1.94. The van der Waals surface area contributed by atoms with E-state index in [1.807, 2.05) is 16.3 Å². The number of nitrogen functional groups attached to an aromatic ring is 1. The van der Waals surface area contributed by atoms with Crippen LogP contribution in [0.4, 0.5) is 5.82 Å².